The van der Waals surface area contributed by atoms with E-state index in [1.165, 1.54) is 42.3 Å². The highest BCUT2D eigenvalue weighted by Crippen LogP contribution is 2.41. The van der Waals surface area contributed by atoms with E-state index in [-0.39, 0.29) is 0 Å². The lowest BCUT2D eigenvalue weighted by molar-refractivity contribution is 0.383. The molecule has 1 aromatic carbocycles. The zero-order valence-corrected chi connectivity index (χ0v) is 10.4. The minimum absolute atomic E-state index is 0.816. The summed E-state index contributed by atoms with van der Waals surface area (Å²) in [7, 11) is 0. The molecular formula is C13H16BrN. The average Bonchev–Trinajstić information content (AvgIpc) is 2.96. The predicted molar refractivity (Wildman–Crippen MR) is 67.3 cm³/mol. The van der Waals surface area contributed by atoms with Crippen molar-refractivity contribution in [2.24, 2.45) is 0 Å². The molecule has 0 aromatic heterocycles. The summed E-state index contributed by atoms with van der Waals surface area (Å²) in [6.45, 7) is 0. The second-order valence-corrected chi connectivity index (χ2v) is 5.53. The maximum absolute atomic E-state index is 3.67. The number of benzene rings is 1. The fourth-order valence-electron chi connectivity index (χ4n) is 2.37. The standard InChI is InChI=1S/C13H16BrN/c14-12-6-1-2-7-13(12)15(11-8-9-11)10-4-3-5-10/h1-2,6-7,10-11H,3-5,8-9H2. The van der Waals surface area contributed by atoms with E-state index >= 15 is 0 Å². The van der Waals surface area contributed by atoms with Crippen LogP contribution < -0.4 is 4.90 Å². The van der Waals surface area contributed by atoms with Gasteiger partial charge in [-0.25, -0.2) is 0 Å². The Bertz CT molecular complexity index is 355. The molecule has 3 rings (SSSR count). The molecule has 1 nitrogen and oxygen atoms in total. The molecular weight excluding hydrogens is 250 g/mol. The van der Waals surface area contributed by atoms with Crippen molar-refractivity contribution < 1.29 is 0 Å². The Balaban J connectivity index is 1.90. The highest BCUT2D eigenvalue weighted by molar-refractivity contribution is 9.10. The lowest BCUT2D eigenvalue weighted by Crippen LogP contribution is -2.42. The summed E-state index contributed by atoms with van der Waals surface area (Å²) in [4.78, 5) is 2.66. The van der Waals surface area contributed by atoms with Gasteiger partial charge in [-0.15, -0.1) is 0 Å². The monoisotopic (exact) mass is 265 g/mol. The Morgan fingerprint density at radius 2 is 1.67 bits per heavy atom. The van der Waals surface area contributed by atoms with Crippen molar-refractivity contribution in [2.75, 3.05) is 4.90 Å². The molecule has 0 atom stereocenters. The number of hydrogen-bond donors (Lipinski definition) is 0. The molecule has 2 saturated carbocycles. The summed E-state index contributed by atoms with van der Waals surface area (Å²) in [6, 6.07) is 10.3. The van der Waals surface area contributed by atoms with E-state index in [2.05, 4.69) is 45.1 Å². The van der Waals surface area contributed by atoms with Gasteiger partial charge in [0.1, 0.15) is 0 Å². The molecule has 0 aliphatic heterocycles. The molecule has 80 valence electrons. The van der Waals surface area contributed by atoms with Gasteiger partial charge in [-0.2, -0.15) is 0 Å². The van der Waals surface area contributed by atoms with E-state index in [4.69, 9.17) is 0 Å². The van der Waals surface area contributed by atoms with E-state index in [1.807, 2.05) is 0 Å². The number of nitrogens with zero attached hydrogens (tertiary/aromatic N) is 1. The van der Waals surface area contributed by atoms with E-state index in [0.717, 1.165) is 12.1 Å². The lowest BCUT2D eigenvalue weighted by atomic mass is 9.91. The summed E-state index contributed by atoms with van der Waals surface area (Å²) in [6.07, 6.45) is 6.96. The molecule has 2 heteroatoms. The van der Waals surface area contributed by atoms with Crippen LogP contribution in [0.25, 0.3) is 0 Å². The second-order valence-electron chi connectivity index (χ2n) is 4.67. The van der Waals surface area contributed by atoms with Gasteiger partial charge in [0.25, 0.3) is 0 Å². The van der Waals surface area contributed by atoms with Crippen molar-refractivity contribution in [3.05, 3.63) is 28.7 Å². The van der Waals surface area contributed by atoms with Gasteiger partial charge in [-0.3, -0.25) is 0 Å². The molecule has 15 heavy (non-hydrogen) atoms. The Morgan fingerprint density at radius 1 is 1.00 bits per heavy atom. The largest absolute Gasteiger partial charge is 0.365 e. The molecule has 0 bridgehead atoms. The second kappa shape index (κ2) is 3.82. The van der Waals surface area contributed by atoms with Crippen LogP contribution in [-0.2, 0) is 0 Å². The van der Waals surface area contributed by atoms with Crippen molar-refractivity contribution in [2.45, 2.75) is 44.2 Å². The van der Waals surface area contributed by atoms with Gasteiger partial charge >= 0.3 is 0 Å². The van der Waals surface area contributed by atoms with Crippen LogP contribution in [0.2, 0.25) is 0 Å². The molecule has 0 spiro atoms. The lowest BCUT2D eigenvalue weighted by Gasteiger charge is -2.40. The van der Waals surface area contributed by atoms with Crippen molar-refractivity contribution in [1.29, 1.82) is 0 Å². The van der Waals surface area contributed by atoms with Crippen LogP contribution in [-0.4, -0.2) is 12.1 Å². The summed E-state index contributed by atoms with van der Waals surface area (Å²) >= 11 is 3.67. The quantitative estimate of drug-likeness (QED) is 0.800. The predicted octanol–water partition coefficient (Wildman–Crippen LogP) is 3.97. The summed E-state index contributed by atoms with van der Waals surface area (Å²) in [5.74, 6) is 0. The fourth-order valence-corrected chi connectivity index (χ4v) is 2.86. The molecule has 0 radical (unpaired) electrons. The molecule has 0 saturated heterocycles. The summed E-state index contributed by atoms with van der Waals surface area (Å²) in [5.41, 5.74) is 1.41. The zero-order valence-electron chi connectivity index (χ0n) is 8.82. The first kappa shape index (κ1) is 9.71. The summed E-state index contributed by atoms with van der Waals surface area (Å²) < 4.78 is 1.25. The van der Waals surface area contributed by atoms with Gasteiger partial charge in [0.15, 0.2) is 0 Å². The van der Waals surface area contributed by atoms with Gasteiger partial charge < -0.3 is 4.90 Å². The molecule has 2 fully saturated rings. The van der Waals surface area contributed by atoms with Crippen LogP contribution in [0.15, 0.2) is 28.7 Å². The highest BCUT2D eigenvalue weighted by atomic mass is 79.9. The first-order chi connectivity index (χ1) is 7.36. The Kier molecular flexibility index (Phi) is 2.47. The third-order valence-corrected chi connectivity index (χ3v) is 4.21. The minimum Gasteiger partial charge on any atom is -0.365 e. The summed E-state index contributed by atoms with van der Waals surface area (Å²) in [5, 5.41) is 0. The molecule has 2 aliphatic carbocycles. The van der Waals surface area contributed by atoms with Gasteiger partial charge in [0.2, 0.25) is 0 Å². The Morgan fingerprint density at radius 3 is 2.20 bits per heavy atom. The fraction of sp³-hybridized carbons (Fsp3) is 0.538. The van der Waals surface area contributed by atoms with Crippen molar-refractivity contribution in [3.8, 4) is 0 Å². The maximum atomic E-state index is 3.67. The van der Waals surface area contributed by atoms with Crippen molar-refractivity contribution in [3.63, 3.8) is 0 Å². The number of para-hydroxylation sites is 1. The first-order valence-electron chi connectivity index (χ1n) is 5.89. The van der Waals surface area contributed by atoms with Crippen LogP contribution >= 0.6 is 15.9 Å². The van der Waals surface area contributed by atoms with Gasteiger partial charge in [0, 0.05) is 16.6 Å². The molecule has 0 unspecified atom stereocenters. The van der Waals surface area contributed by atoms with Crippen LogP contribution in [0.5, 0.6) is 0 Å². The van der Waals surface area contributed by atoms with E-state index < -0.39 is 0 Å². The number of halogens is 1. The first-order valence-corrected chi connectivity index (χ1v) is 6.68. The van der Waals surface area contributed by atoms with E-state index in [0.29, 0.717) is 0 Å². The molecule has 0 N–H and O–H groups in total. The van der Waals surface area contributed by atoms with Crippen molar-refractivity contribution >= 4 is 21.6 Å². The van der Waals surface area contributed by atoms with Crippen LogP contribution in [0.1, 0.15) is 32.1 Å². The van der Waals surface area contributed by atoms with Crippen molar-refractivity contribution in [1.82, 2.24) is 0 Å². The SMILES string of the molecule is Brc1ccccc1N(C1CCC1)C1CC1. The zero-order chi connectivity index (χ0) is 10.3. The average molecular weight is 266 g/mol. The van der Waals surface area contributed by atoms with Crippen LogP contribution in [0, 0.1) is 0 Å². The smallest absolute Gasteiger partial charge is 0.0515 e. The Hall–Kier alpha value is -0.500. The van der Waals surface area contributed by atoms with Gasteiger partial charge in [0.05, 0.1) is 5.69 Å². The van der Waals surface area contributed by atoms with Gasteiger partial charge in [-0.05, 0) is 60.2 Å². The third-order valence-electron chi connectivity index (χ3n) is 3.54. The Labute approximate surface area is 99.6 Å². The number of anilines is 1. The van der Waals surface area contributed by atoms with Crippen LogP contribution in [0.3, 0.4) is 0 Å². The number of hydrogen-bond acceptors (Lipinski definition) is 1. The molecule has 2 aliphatic rings. The van der Waals surface area contributed by atoms with E-state index in [1.54, 1.807) is 0 Å². The third kappa shape index (κ3) is 1.80. The molecule has 1 aromatic rings. The maximum Gasteiger partial charge on any atom is 0.0515 e. The minimum atomic E-state index is 0.816. The highest BCUT2D eigenvalue weighted by Gasteiger charge is 2.37. The molecule has 0 amide bonds. The topological polar surface area (TPSA) is 3.24 Å². The molecule has 0 heterocycles. The normalized spacial score (nSPS) is 21.1. The van der Waals surface area contributed by atoms with Crippen LogP contribution in [0.4, 0.5) is 5.69 Å². The van der Waals surface area contributed by atoms with Gasteiger partial charge in [-0.1, -0.05) is 12.1 Å². The van der Waals surface area contributed by atoms with E-state index in [9.17, 15) is 0 Å². The number of rotatable bonds is 3.